The number of amides is 1. The Morgan fingerprint density at radius 3 is 2.60 bits per heavy atom. The van der Waals surface area contributed by atoms with Crippen LogP contribution in [0.2, 0.25) is 5.02 Å². The molecule has 0 atom stereocenters. The lowest BCUT2D eigenvalue weighted by Gasteiger charge is -2.26. The van der Waals surface area contributed by atoms with E-state index in [0.717, 1.165) is 39.4 Å². The van der Waals surface area contributed by atoms with Crippen LogP contribution in [0.5, 0.6) is 0 Å². The zero-order valence-corrected chi connectivity index (χ0v) is 14.5. The van der Waals surface area contributed by atoms with Gasteiger partial charge in [0.15, 0.2) is 0 Å². The van der Waals surface area contributed by atoms with Gasteiger partial charge in [0, 0.05) is 36.9 Å². The molecule has 0 aliphatic carbocycles. The summed E-state index contributed by atoms with van der Waals surface area (Å²) in [5, 5.41) is 6.58. The lowest BCUT2D eigenvalue weighted by molar-refractivity contribution is 0.0398. The highest BCUT2D eigenvalue weighted by molar-refractivity contribution is 6.30. The third-order valence-corrected chi connectivity index (χ3v) is 4.08. The number of aromatic nitrogens is 2. The Morgan fingerprint density at radius 2 is 1.92 bits per heavy atom. The zero-order valence-electron chi connectivity index (χ0n) is 13.7. The van der Waals surface area contributed by atoms with Crippen LogP contribution in [0.1, 0.15) is 10.5 Å². The quantitative estimate of drug-likeness (QED) is 0.820. The third-order valence-electron chi connectivity index (χ3n) is 3.82. The standard InChI is InChI=1S/C17H20ClN5O2/c18-13-1-3-14(4-2-13)22-17(24)15-11-21-16(12-20-15)19-5-6-23-7-9-25-10-8-23/h1-4,11-12H,5-10H2,(H,19,21)(H,22,24). The van der Waals surface area contributed by atoms with Gasteiger partial charge in [0.25, 0.3) is 5.91 Å². The number of nitrogens with zero attached hydrogens (tertiary/aromatic N) is 3. The number of rotatable bonds is 6. The van der Waals surface area contributed by atoms with E-state index < -0.39 is 0 Å². The Kier molecular flexibility index (Phi) is 6.16. The molecule has 1 amide bonds. The summed E-state index contributed by atoms with van der Waals surface area (Å²) in [5.41, 5.74) is 0.914. The Labute approximate surface area is 151 Å². The molecule has 2 aromatic rings. The topological polar surface area (TPSA) is 79.4 Å². The second-order valence-corrected chi connectivity index (χ2v) is 6.07. The van der Waals surface area contributed by atoms with Crippen LogP contribution < -0.4 is 10.6 Å². The monoisotopic (exact) mass is 361 g/mol. The minimum absolute atomic E-state index is 0.258. The summed E-state index contributed by atoms with van der Waals surface area (Å²) in [4.78, 5) is 22.9. The maximum atomic E-state index is 12.1. The first-order valence-electron chi connectivity index (χ1n) is 8.14. The number of halogens is 1. The highest BCUT2D eigenvalue weighted by Crippen LogP contribution is 2.14. The van der Waals surface area contributed by atoms with E-state index in [1.807, 2.05) is 0 Å². The van der Waals surface area contributed by atoms with Crippen molar-refractivity contribution in [3.63, 3.8) is 0 Å². The molecule has 7 nitrogen and oxygen atoms in total. The van der Waals surface area contributed by atoms with Crippen molar-refractivity contribution >= 4 is 29.0 Å². The number of hydrogen-bond donors (Lipinski definition) is 2. The van der Waals surface area contributed by atoms with Gasteiger partial charge in [-0.1, -0.05) is 11.6 Å². The fourth-order valence-electron chi connectivity index (χ4n) is 2.43. The summed E-state index contributed by atoms with van der Waals surface area (Å²) in [5.74, 6) is 0.339. The minimum Gasteiger partial charge on any atom is -0.379 e. The van der Waals surface area contributed by atoms with E-state index >= 15 is 0 Å². The van der Waals surface area contributed by atoms with Gasteiger partial charge in [-0.15, -0.1) is 0 Å². The highest BCUT2D eigenvalue weighted by atomic mass is 35.5. The summed E-state index contributed by atoms with van der Waals surface area (Å²) < 4.78 is 5.32. The van der Waals surface area contributed by atoms with Crippen molar-refractivity contribution in [2.75, 3.05) is 50.0 Å². The van der Waals surface area contributed by atoms with Gasteiger partial charge in [-0.25, -0.2) is 9.97 Å². The van der Waals surface area contributed by atoms with Crippen molar-refractivity contribution in [2.24, 2.45) is 0 Å². The van der Waals surface area contributed by atoms with Crippen LogP contribution in [0.15, 0.2) is 36.7 Å². The Morgan fingerprint density at radius 1 is 1.16 bits per heavy atom. The van der Waals surface area contributed by atoms with Crippen LogP contribution in [0, 0.1) is 0 Å². The van der Waals surface area contributed by atoms with Crippen molar-refractivity contribution in [1.82, 2.24) is 14.9 Å². The summed E-state index contributed by atoms with van der Waals surface area (Å²) >= 11 is 5.82. The zero-order chi connectivity index (χ0) is 17.5. The van der Waals surface area contributed by atoms with Crippen molar-refractivity contribution in [1.29, 1.82) is 0 Å². The molecular formula is C17H20ClN5O2. The lowest BCUT2D eigenvalue weighted by Crippen LogP contribution is -2.39. The summed E-state index contributed by atoms with van der Waals surface area (Å²) in [6.07, 6.45) is 3.03. The number of anilines is 2. The summed E-state index contributed by atoms with van der Waals surface area (Å²) in [6.45, 7) is 5.18. The van der Waals surface area contributed by atoms with Gasteiger partial charge in [-0.05, 0) is 24.3 Å². The molecule has 0 saturated carbocycles. The molecular weight excluding hydrogens is 342 g/mol. The second-order valence-electron chi connectivity index (χ2n) is 5.63. The average molecular weight is 362 g/mol. The SMILES string of the molecule is O=C(Nc1ccc(Cl)cc1)c1cnc(NCCN2CCOCC2)cn1. The van der Waals surface area contributed by atoms with E-state index in [2.05, 4.69) is 25.5 Å². The first-order chi connectivity index (χ1) is 12.2. The predicted octanol–water partition coefficient (Wildman–Crippen LogP) is 2.13. The molecule has 1 aliphatic rings. The number of hydrogen-bond acceptors (Lipinski definition) is 6. The van der Waals surface area contributed by atoms with Gasteiger partial charge in [0.2, 0.25) is 0 Å². The molecule has 1 aliphatic heterocycles. The lowest BCUT2D eigenvalue weighted by atomic mass is 10.3. The van der Waals surface area contributed by atoms with Crippen LogP contribution in [0.4, 0.5) is 11.5 Å². The maximum Gasteiger partial charge on any atom is 0.275 e. The molecule has 0 unspecified atom stereocenters. The molecule has 1 aromatic heterocycles. The molecule has 2 N–H and O–H groups in total. The van der Waals surface area contributed by atoms with Crippen LogP contribution in [0.3, 0.4) is 0 Å². The van der Waals surface area contributed by atoms with Crippen molar-refractivity contribution < 1.29 is 9.53 Å². The summed E-state index contributed by atoms with van der Waals surface area (Å²) in [7, 11) is 0. The number of nitrogens with one attached hydrogen (secondary N) is 2. The van der Waals surface area contributed by atoms with Crippen molar-refractivity contribution in [3.05, 3.63) is 47.4 Å². The average Bonchev–Trinajstić information content (AvgIpc) is 2.65. The normalized spacial score (nSPS) is 14.9. The van der Waals surface area contributed by atoms with Crippen molar-refractivity contribution in [3.8, 4) is 0 Å². The first kappa shape index (κ1) is 17.6. The van der Waals surface area contributed by atoms with Gasteiger partial charge in [0.1, 0.15) is 11.5 Å². The minimum atomic E-state index is -0.310. The van der Waals surface area contributed by atoms with Gasteiger partial charge >= 0.3 is 0 Å². The van der Waals surface area contributed by atoms with E-state index in [-0.39, 0.29) is 11.6 Å². The smallest absolute Gasteiger partial charge is 0.275 e. The molecule has 3 rings (SSSR count). The van der Waals surface area contributed by atoms with Crippen LogP contribution in [-0.2, 0) is 4.74 Å². The molecule has 0 spiro atoms. The van der Waals surface area contributed by atoms with Gasteiger partial charge < -0.3 is 15.4 Å². The molecule has 8 heteroatoms. The number of ether oxygens (including phenoxy) is 1. The number of carbonyl (C=O) groups excluding carboxylic acids is 1. The number of carbonyl (C=O) groups is 1. The Hall–Kier alpha value is -2.22. The fraction of sp³-hybridized carbons (Fsp3) is 0.353. The van der Waals surface area contributed by atoms with Gasteiger partial charge in [-0.3, -0.25) is 9.69 Å². The third kappa shape index (κ3) is 5.38. The Balaban J connectivity index is 1.47. The van der Waals surface area contributed by atoms with E-state index in [4.69, 9.17) is 16.3 Å². The van der Waals surface area contributed by atoms with E-state index in [1.54, 1.807) is 30.5 Å². The largest absolute Gasteiger partial charge is 0.379 e. The number of morpholine rings is 1. The maximum absolute atomic E-state index is 12.1. The van der Waals surface area contributed by atoms with E-state index in [0.29, 0.717) is 16.5 Å². The van der Waals surface area contributed by atoms with E-state index in [1.165, 1.54) is 6.20 Å². The van der Waals surface area contributed by atoms with Crippen LogP contribution in [0.25, 0.3) is 0 Å². The molecule has 2 heterocycles. The molecule has 1 saturated heterocycles. The fourth-order valence-corrected chi connectivity index (χ4v) is 2.56. The molecule has 0 bridgehead atoms. The first-order valence-corrected chi connectivity index (χ1v) is 8.51. The molecule has 132 valence electrons. The van der Waals surface area contributed by atoms with Crippen LogP contribution in [-0.4, -0.2) is 60.2 Å². The predicted molar refractivity (Wildman–Crippen MR) is 97.2 cm³/mol. The molecule has 0 radical (unpaired) electrons. The highest BCUT2D eigenvalue weighted by Gasteiger charge is 2.10. The van der Waals surface area contributed by atoms with Crippen LogP contribution >= 0.6 is 11.6 Å². The molecule has 25 heavy (non-hydrogen) atoms. The second kappa shape index (κ2) is 8.75. The van der Waals surface area contributed by atoms with E-state index in [9.17, 15) is 4.79 Å². The summed E-state index contributed by atoms with van der Waals surface area (Å²) in [6, 6.07) is 6.89. The molecule has 1 aromatic carbocycles. The molecule has 1 fully saturated rings. The Bertz CT molecular complexity index is 687. The van der Waals surface area contributed by atoms with Gasteiger partial charge in [-0.2, -0.15) is 0 Å². The number of benzene rings is 1. The van der Waals surface area contributed by atoms with Crippen molar-refractivity contribution in [2.45, 2.75) is 0 Å². The van der Waals surface area contributed by atoms with Gasteiger partial charge in [0.05, 0.1) is 25.6 Å².